The molecule has 10 aromatic carbocycles. The number of phenolic OH excluding ortho intramolecular Hbond substituents is 2. The van der Waals surface area contributed by atoms with Crippen LogP contribution < -0.4 is 53.1 Å². The second kappa shape index (κ2) is 57.4. The third-order valence-electron chi connectivity index (χ3n) is 17.9. The Hall–Kier alpha value is -8.92. The number of nitrogens with two attached hydrogens (primary N) is 1. The van der Waals surface area contributed by atoms with Gasteiger partial charge in [-0.3, -0.25) is 19.6 Å². The number of fused-ring (bicyclic) bond motifs is 5. The highest BCUT2D eigenvalue weighted by Gasteiger charge is 2.30. The van der Waals surface area contributed by atoms with Crippen LogP contribution in [0.5, 0.6) is 69.0 Å². The number of aliphatic hydroxyl groups excluding tert-OH is 1. The van der Waals surface area contributed by atoms with E-state index in [1.807, 2.05) is 170 Å². The van der Waals surface area contributed by atoms with Crippen molar-refractivity contribution in [2.45, 2.75) is 50.7 Å². The Labute approximate surface area is 830 Å². The molecular formula is C93H94Br9N3O23S. The van der Waals surface area contributed by atoms with E-state index >= 15 is 0 Å². The highest BCUT2D eigenvalue weighted by molar-refractivity contribution is 9.12. The summed E-state index contributed by atoms with van der Waals surface area (Å²) in [5.41, 5.74) is 15.0. The number of halogens is 9. The second-order valence-corrected chi connectivity index (χ2v) is 33.6. The maximum absolute atomic E-state index is 12.7. The molecule has 5 aliphatic heterocycles. The molecule has 0 amide bonds. The van der Waals surface area contributed by atoms with Crippen LogP contribution in [0.4, 0.5) is 0 Å². The number of aliphatic hydroxyl groups is 1. The number of esters is 5. The lowest BCUT2D eigenvalue weighted by Crippen LogP contribution is -2.34. The molecule has 0 unspecified atom stereocenters. The zero-order valence-corrected chi connectivity index (χ0v) is 85.7. The first-order valence-corrected chi connectivity index (χ1v) is 47.6. The summed E-state index contributed by atoms with van der Waals surface area (Å²) in [6.45, 7) is 9.19. The van der Waals surface area contributed by atoms with Crippen LogP contribution in [0.2, 0.25) is 0 Å². The highest BCUT2D eigenvalue weighted by Crippen LogP contribution is 2.46. The number of phenols is 2. The topological polar surface area (TPSA) is 335 Å². The van der Waals surface area contributed by atoms with Gasteiger partial charge in [-0.1, -0.05) is 193 Å². The van der Waals surface area contributed by atoms with Crippen LogP contribution in [0.1, 0.15) is 79.1 Å². The van der Waals surface area contributed by atoms with Crippen LogP contribution in [0, 0.1) is 0 Å². The van der Waals surface area contributed by atoms with Crippen molar-refractivity contribution in [2.24, 2.45) is 15.7 Å². The Kier molecular flexibility index (Phi) is 47.7. The van der Waals surface area contributed by atoms with Gasteiger partial charge in [-0.05, 0) is 158 Å². The number of aromatic hydroxyl groups is 2. The van der Waals surface area contributed by atoms with E-state index in [1.165, 1.54) is 33.5 Å². The minimum absolute atomic E-state index is 0. The molecule has 36 heteroatoms. The maximum Gasteiger partial charge on any atom is 0.342 e. The number of benzene rings is 10. The standard InChI is InChI=1S/C25H22BrNO4.C16H15NO2.C12H14BrNO4.C11H11BrO4.C9H8Br2O2.C9H9BrO4.C9H9BrO3.C2H4Br2.H2S/c1-29-25(28)21(16-19-12-13-20(26)24-23(19)30-14-15-31-24)27-22(17-8-4-2-5-9-17)18-10-6-3-7-11-18;1-19-15(18)12-17-16(13-8-4-2-5-9-13)14-10-6-3-7-11-14;1-16-12(15)9(14)6-7-2-3-8(13)11-10(7)17-4-5-18-11;1-2-14-11(13)7-3-4-8(12)10-9(7)15-5-6-16-10;10-5-6-1-2-7(11)9-8(6)12-3-4-13-9;1-2-14-9(13)5-3-4-6(10)8(12)7(5)11;10-7-2-1-6(5-11)8-9(7)13-4-3-12-8;3-1-2-4;/h2-13,21H,14-16H2,1H3;2-11H,12H2,1H3;2-3,9H,4-6,14H2,1H3;3-4H,2,5-6H2,1H3;1-2H,3-5H2;3-4,11-12H,2H2,1H3;1-2,11H,3-5H2;1-2H2;1H2/t21-;;9-;;;;;;/m0.0....../s1. The Morgan fingerprint density at radius 2 is 0.698 bits per heavy atom. The van der Waals surface area contributed by atoms with Crippen molar-refractivity contribution >= 4 is 198 Å². The minimum atomic E-state index is -0.740. The van der Waals surface area contributed by atoms with Gasteiger partial charge in [0, 0.05) is 73.3 Å². The average molecular weight is 2370 g/mol. The molecule has 5 aliphatic rings. The molecule has 688 valence electrons. The van der Waals surface area contributed by atoms with E-state index in [9.17, 15) is 34.2 Å². The van der Waals surface area contributed by atoms with Gasteiger partial charge in [-0.2, -0.15) is 13.5 Å². The molecule has 26 nitrogen and oxygen atoms in total. The van der Waals surface area contributed by atoms with Crippen LogP contribution >= 0.6 is 157 Å². The molecule has 0 bridgehead atoms. The highest BCUT2D eigenvalue weighted by atomic mass is 79.9. The molecular weight excluding hydrogens is 2280 g/mol. The molecule has 0 spiro atoms. The van der Waals surface area contributed by atoms with Gasteiger partial charge < -0.3 is 92.1 Å². The summed E-state index contributed by atoms with van der Waals surface area (Å²) in [5, 5.41) is 30.6. The van der Waals surface area contributed by atoms with Crippen molar-refractivity contribution in [3.05, 3.63) is 277 Å². The summed E-state index contributed by atoms with van der Waals surface area (Å²) >= 11 is 29.8. The number of ether oxygens (including phenoxy) is 15. The Balaban J connectivity index is 0.000000209. The van der Waals surface area contributed by atoms with E-state index in [0.29, 0.717) is 142 Å². The van der Waals surface area contributed by atoms with E-state index in [1.54, 1.807) is 26.0 Å². The first-order chi connectivity index (χ1) is 62.0. The van der Waals surface area contributed by atoms with Crippen molar-refractivity contribution < 1.29 is 110 Å². The van der Waals surface area contributed by atoms with E-state index in [-0.39, 0.29) is 50.5 Å². The molecule has 2 atom stereocenters. The molecule has 0 aliphatic carbocycles. The molecule has 129 heavy (non-hydrogen) atoms. The molecule has 5 heterocycles. The van der Waals surface area contributed by atoms with Crippen molar-refractivity contribution in [1.82, 2.24) is 0 Å². The first-order valence-electron chi connectivity index (χ1n) is 39.5. The van der Waals surface area contributed by atoms with Gasteiger partial charge in [0.1, 0.15) is 89.8 Å². The van der Waals surface area contributed by atoms with Crippen molar-refractivity contribution in [1.29, 1.82) is 0 Å². The fourth-order valence-corrected chi connectivity index (χ4v) is 14.9. The molecule has 0 saturated carbocycles. The number of nitrogens with zero attached hydrogens (tertiary/aromatic N) is 2. The lowest BCUT2D eigenvalue weighted by Gasteiger charge is -2.23. The number of rotatable bonds is 20. The van der Waals surface area contributed by atoms with Crippen LogP contribution in [-0.2, 0) is 62.8 Å². The van der Waals surface area contributed by atoms with Crippen molar-refractivity contribution in [3.63, 3.8) is 0 Å². The summed E-state index contributed by atoms with van der Waals surface area (Å²) in [6, 6.07) is 59.3. The van der Waals surface area contributed by atoms with Gasteiger partial charge in [0.05, 0.1) is 79.4 Å². The molecule has 10 aromatic rings. The predicted octanol–water partition coefficient (Wildman–Crippen LogP) is 20.0. The summed E-state index contributed by atoms with van der Waals surface area (Å²) in [4.78, 5) is 67.5. The summed E-state index contributed by atoms with van der Waals surface area (Å²) in [6.07, 6.45) is 0.681. The molecule has 0 saturated heterocycles. The largest absolute Gasteiger partial charge is 0.504 e. The van der Waals surface area contributed by atoms with E-state index in [4.69, 9.17) is 72.7 Å². The van der Waals surface area contributed by atoms with Crippen LogP contribution in [0.25, 0.3) is 0 Å². The number of alkyl halides is 3. The van der Waals surface area contributed by atoms with E-state index < -0.39 is 41.7 Å². The number of hydrogen-bond acceptors (Lipinski definition) is 26. The fraction of sp³-hybridized carbons (Fsp3) is 0.280. The fourth-order valence-electron chi connectivity index (χ4n) is 12.0. The Morgan fingerprint density at radius 3 is 1.07 bits per heavy atom. The normalized spacial score (nSPS) is 12.6. The van der Waals surface area contributed by atoms with Gasteiger partial charge in [0.2, 0.25) is 0 Å². The van der Waals surface area contributed by atoms with Gasteiger partial charge in [0.15, 0.2) is 75.0 Å². The van der Waals surface area contributed by atoms with Crippen LogP contribution in [-0.4, -0.2) is 186 Å². The lowest BCUT2D eigenvalue weighted by molar-refractivity contribution is -0.142. The summed E-state index contributed by atoms with van der Waals surface area (Å²) in [7, 11) is 4.06. The lowest BCUT2D eigenvalue weighted by atomic mass is 10.00. The van der Waals surface area contributed by atoms with E-state index in [2.05, 4.69) is 163 Å². The van der Waals surface area contributed by atoms with Crippen molar-refractivity contribution in [2.75, 3.05) is 118 Å². The number of hydrogen-bond donors (Lipinski definition) is 4. The smallest absolute Gasteiger partial charge is 0.342 e. The zero-order valence-electron chi connectivity index (χ0n) is 70.4. The van der Waals surface area contributed by atoms with Crippen molar-refractivity contribution in [3.8, 4) is 69.0 Å². The Morgan fingerprint density at radius 1 is 0.380 bits per heavy atom. The maximum atomic E-state index is 12.7. The SMILES string of the molecule is BrCCBr.BrCc1ccc(Br)c2c1OCCO2.CCOC(=O)c1ccc(Br)c(O)c1O.CCOC(=O)c1ccc(Br)c2c1OCCO2.COC(=O)CN=C(c1ccccc1)c1ccccc1.COC(=O)[C@@H](N)Cc1ccc(Br)c2c1OCCO2.COC(=O)[C@H](Cc1ccc(Br)c2c1OCCO2)N=C(c1ccccc1)c1ccccc1.OCc1ccc(Br)c2c1OCCO2.S. The monoisotopic (exact) mass is 2360 g/mol. The minimum Gasteiger partial charge on any atom is -0.504 e. The third kappa shape index (κ3) is 31.9. The van der Waals surface area contributed by atoms with E-state index in [0.717, 1.165) is 106 Å². The number of aliphatic imine (C=N–C) groups is 2. The van der Waals surface area contributed by atoms with Gasteiger partial charge in [-0.15, -0.1) is 0 Å². The van der Waals surface area contributed by atoms with Gasteiger partial charge >= 0.3 is 29.8 Å². The average Bonchev–Trinajstić information content (AvgIpc) is 0.841. The quantitative estimate of drug-likeness (QED) is 0.0181. The molecule has 0 aromatic heterocycles. The van der Waals surface area contributed by atoms with Gasteiger partial charge in [-0.25, -0.2) is 14.4 Å². The molecule has 5 N–H and O–H groups in total. The first kappa shape index (κ1) is 107. The summed E-state index contributed by atoms with van der Waals surface area (Å²) in [5.74, 6) is 3.58. The predicted molar refractivity (Wildman–Crippen MR) is 529 cm³/mol. The third-order valence-corrected chi connectivity index (χ3v) is 24.1. The van der Waals surface area contributed by atoms with Crippen LogP contribution in [0.3, 0.4) is 0 Å². The second-order valence-electron chi connectivity index (χ2n) is 26.4. The number of methoxy groups -OCH3 is 3. The number of carbonyl (C=O) groups excluding carboxylic acids is 5. The number of carbonyl (C=O) groups is 5. The molecule has 0 fully saturated rings. The zero-order chi connectivity index (χ0) is 92.4. The molecule has 0 radical (unpaired) electrons. The molecule has 15 rings (SSSR count). The van der Waals surface area contributed by atoms with Crippen LogP contribution in [0.15, 0.2) is 231 Å². The Bertz CT molecular complexity index is 5220. The van der Waals surface area contributed by atoms with Gasteiger partial charge in [0.25, 0.3) is 0 Å². The summed E-state index contributed by atoms with van der Waals surface area (Å²) < 4.78 is 84.0.